The number of furan rings is 1. The van der Waals surface area contributed by atoms with Crippen molar-refractivity contribution in [3.63, 3.8) is 0 Å². The Bertz CT molecular complexity index is 413. The van der Waals surface area contributed by atoms with Gasteiger partial charge in [-0.05, 0) is 31.5 Å². The van der Waals surface area contributed by atoms with Gasteiger partial charge in [-0.1, -0.05) is 23.8 Å². The number of hydrogen-bond donors (Lipinski definition) is 0. The van der Waals surface area contributed by atoms with E-state index in [0.717, 1.165) is 16.9 Å². The molecule has 1 heterocycles. The Morgan fingerprint density at radius 1 is 1.00 bits per heavy atom. The molecule has 0 radical (unpaired) electrons. The predicted octanol–water partition coefficient (Wildman–Crippen LogP) is 3.56. The van der Waals surface area contributed by atoms with Crippen LogP contribution in [0.15, 0.2) is 41.0 Å². The number of hydrogen-bond acceptors (Lipinski definition) is 1. The molecule has 0 amide bonds. The molecule has 1 heteroatoms. The van der Waals surface area contributed by atoms with Gasteiger partial charge in [0.15, 0.2) is 0 Å². The van der Waals surface area contributed by atoms with Crippen LogP contribution in [0.1, 0.15) is 11.1 Å². The lowest BCUT2D eigenvalue weighted by Crippen LogP contribution is -1.75. The van der Waals surface area contributed by atoms with Crippen LogP contribution in [0.5, 0.6) is 0 Å². The molecule has 0 aliphatic carbocycles. The van der Waals surface area contributed by atoms with Gasteiger partial charge in [0.05, 0.1) is 6.26 Å². The van der Waals surface area contributed by atoms with E-state index in [0.29, 0.717) is 0 Å². The van der Waals surface area contributed by atoms with Gasteiger partial charge in [0.2, 0.25) is 0 Å². The fourth-order valence-electron chi connectivity index (χ4n) is 1.38. The zero-order valence-electron chi connectivity index (χ0n) is 7.87. The van der Waals surface area contributed by atoms with Gasteiger partial charge in [0, 0.05) is 5.56 Å². The summed E-state index contributed by atoms with van der Waals surface area (Å²) in [5.74, 6) is 0.946. The normalized spacial score (nSPS) is 10.3. The SMILES string of the molecule is Cc1cccc(-c2cc(C)co2)c1. The summed E-state index contributed by atoms with van der Waals surface area (Å²) in [6.07, 6.45) is 1.78. The maximum Gasteiger partial charge on any atom is 0.134 e. The quantitative estimate of drug-likeness (QED) is 0.641. The highest BCUT2D eigenvalue weighted by Crippen LogP contribution is 2.22. The van der Waals surface area contributed by atoms with E-state index < -0.39 is 0 Å². The highest BCUT2D eigenvalue weighted by Gasteiger charge is 2.01. The largest absolute Gasteiger partial charge is 0.464 e. The summed E-state index contributed by atoms with van der Waals surface area (Å²) in [4.78, 5) is 0. The fourth-order valence-corrected chi connectivity index (χ4v) is 1.38. The number of rotatable bonds is 1. The van der Waals surface area contributed by atoms with Crippen LogP contribution < -0.4 is 0 Å². The van der Waals surface area contributed by atoms with Gasteiger partial charge >= 0.3 is 0 Å². The average Bonchev–Trinajstić information content (AvgIpc) is 2.52. The first kappa shape index (κ1) is 8.11. The first-order chi connectivity index (χ1) is 6.25. The van der Waals surface area contributed by atoms with Crippen LogP contribution in [0, 0.1) is 13.8 Å². The predicted molar refractivity (Wildman–Crippen MR) is 53.6 cm³/mol. The van der Waals surface area contributed by atoms with Gasteiger partial charge in [-0.2, -0.15) is 0 Å². The molecule has 0 aliphatic heterocycles. The van der Waals surface area contributed by atoms with Crippen molar-refractivity contribution < 1.29 is 4.42 Å². The van der Waals surface area contributed by atoms with Crippen LogP contribution in [0.4, 0.5) is 0 Å². The molecule has 0 atom stereocenters. The van der Waals surface area contributed by atoms with E-state index >= 15 is 0 Å². The van der Waals surface area contributed by atoms with E-state index in [9.17, 15) is 0 Å². The first-order valence-electron chi connectivity index (χ1n) is 4.38. The molecule has 13 heavy (non-hydrogen) atoms. The molecule has 0 bridgehead atoms. The smallest absolute Gasteiger partial charge is 0.134 e. The van der Waals surface area contributed by atoms with Gasteiger partial charge in [-0.3, -0.25) is 0 Å². The van der Waals surface area contributed by atoms with Crippen molar-refractivity contribution in [3.05, 3.63) is 47.7 Å². The third-order valence-corrected chi connectivity index (χ3v) is 2.03. The standard InChI is InChI=1S/C12H12O/c1-9-4-3-5-11(6-9)12-7-10(2)8-13-12/h3-8H,1-2H3. The van der Waals surface area contributed by atoms with Crippen molar-refractivity contribution in [2.45, 2.75) is 13.8 Å². The summed E-state index contributed by atoms with van der Waals surface area (Å²) in [6.45, 7) is 4.11. The summed E-state index contributed by atoms with van der Waals surface area (Å²) in [7, 11) is 0. The Morgan fingerprint density at radius 2 is 1.85 bits per heavy atom. The Morgan fingerprint density at radius 3 is 2.46 bits per heavy atom. The molecule has 1 nitrogen and oxygen atoms in total. The molecule has 0 saturated carbocycles. The van der Waals surface area contributed by atoms with E-state index in [1.807, 2.05) is 13.0 Å². The second-order valence-corrected chi connectivity index (χ2v) is 3.36. The minimum Gasteiger partial charge on any atom is -0.464 e. The van der Waals surface area contributed by atoms with Gasteiger partial charge in [-0.15, -0.1) is 0 Å². The molecule has 0 unspecified atom stereocenters. The highest BCUT2D eigenvalue weighted by molar-refractivity contribution is 5.58. The van der Waals surface area contributed by atoms with Crippen molar-refractivity contribution >= 4 is 0 Å². The molecular formula is C12H12O. The van der Waals surface area contributed by atoms with E-state index in [4.69, 9.17) is 4.42 Å². The van der Waals surface area contributed by atoms with E-state index in [-0.39, 0.29) is 0 Å². The third kappa shape index (κ3) is 1.64. The van der Waals surface area contributed by atoms with Crippen molar-refractivity contribution in [1.82, 2.24) is 0 Å². The summed E-state index contributed by atoms with van der Waals surface area (Å²) in [5, 5.41) is 0. The van der Waals surface area contributed by atoms with Gasteiger partial charge in [0.25, 0.3) is 0 Å². The van der Waals surface area contributed by atoms with Gasteiger partial charge in [0.1, 0.15) is 5.76 Å². The van der Waals surface area contributed by atoms with Crippen LogP contribution in [-0.2, 0) is 0 Å². The summed E-state index contributed by atoms with van der Waals surface area (Å²) < 4.78 is 5.41. The molecular weight excluding hydrogens is 160 g/mol. The topological polar surface area (TPSA) is 13.1 Å². The van der Waals surface area contributed by atoms with E-state index in [1.54, 1.807) is 6.26 Å². The maximum atomic E-state index is 5.41. The van der Waals surface area contributed by atoms with Gasteiger partial charge in [-0.25, -0.2) is 0 Å². The molecule has 0 N–H and O–H groups in total. The Balaban J connectivity index is 2.46. The minimum absolute atomic E-state index is 0.946. The van der Waals surface area contributed by atoms with Crippen LogP contribution in [0.25, 0.3) is 11.3 Å². The van der Waals surface area contributed by atoms with Crippen molar-refractivity contribution in [1.29, 1.82) is 0 Å². The molecule has 1 aromatic carbocycles. The lowest BCUT2D eigenvalue weighted by atomic mass is 10.1. The van der Waals surface area contributed by atoms with Crippen molar-refractivity contribution in [3.8, 4) is 11.3 Å². The molecule has 2 aromatic rings. The lowest BCUT2D eigenvalue weighted by Gasteiger charge is -1.97. The second-order valence-electron chi connectivity index (χ2n) is 3.36. The van der Waals surface area contributed by atoms with Gasteiger partial charge < -0.3 is 4.42 Å². The Labute approximate surface area is 78.0 Å². The van der Waals surface area contributed by atoms with Crippen LogP contribution in [0.3, 0.4) is 0 Å². The summed E-state index contributed by atoms with van der Waals surface area (Å²) >= 11 is 0. The monoisotopic (exact) mass is 172 g/mol. The molecule has 2 rings (SSSR count). The zero-order chi connectivity index (χ0) is 9.26. The summed E-state index contributed by atoms with van der Waals surface area (Å²) in [5.41, 5.74) is 3.57. The van der Waals surface area contributed by atoms with E-state index in [2.05, 4.69) is 31.2 Å². The lowest BCUT2D eigenvalue weighted by molar-refractivity contribution is 0.580. The number of aryl methyl sites for hydroxylation is 2. The number of benzene rings is 1. The third-order valence-electron chi connectivity index (χ3n) is 2.03. The first-order valence-corrected chi connectivity index (χ1v) is 4.38. The van der Waals surface area contributed by atoms with Crippen LogP contribution in [0.2, 0.25) is 0 Å². The molecule has 66 valence electrons. The second kappa shape index (κ2) is 3.09. The molecule has 0 saturated heterocycles. The Hall–Kier alpha value is -1.50. The highest BCUT2D eigenvalue weighted by atomic mass is 16.3. The van der Waals surface area contributed by atoms with Crippen molar-refractivity contribution in [2.75, 3.05) is 0 Å². The Kier molecular flexibility index (Phi) is 1.93. The molecule has 1 aromatic heterocycles. The van der Waals surface area contributed by atoms with E-state index in [1.165, 1.54) is 5.56 Å². The molecule has 0 spiro atoms. The molecule has 0 aliphatic rings. The van der Waals surface area contributed by atoms with Crippen LogP contribution in [-0.4, -0.2) is 0 Å². The average molecular weight is 172 g/mol. The minimum atomic E-state index is 0.946. The van der Waals surface area contributed by atoms with Crippen LogP contribution >= 0.6 is 0 Å². The maximum absolute atomic E-state index is 5.41. The fraction of sp³-hybridized carbons (Fsp3) is 0.167. The van der Waals surface area contributed by atoms with Crippen molar-refractivity contribution in [2.24, 2.45) is 0 Å². The summed E-state index contributed by atoms with van der Waals surface area (Å²) in [6, 6.07) is 10.4. The zero-order valence-corrected chi connectivity index (χ0v) is 7.87. The molecule has 0 fully saturated rings.